The van der Waals surface area contributed by atoms with E-state index in [1.807, 2.05) is 0 Å². The number of azo groups is 1. The summed E-state index contributed by atoms with van der Waals surface area (Å²) in [4.78, 5) is 24.0. The molecule has 0 aliphatic rings. The van der Waals surface area contributed by atoms with Gasteiger partial charge in [-0.2, -0.15) is 5.11 Å². The minimum atomic E-state index is -3.95. The molecule has 12 heteroatoms. The Labute approximate surface area is 233 Å². The summed E-state index contributed by atoms with van der Waals surface area (Å²) in [5.74, 6) is -1.19. The van der Waals surface area contributed by atoms with Crippen molar-refractivity contribution in [2.75, 3.05) is 4.72 Å². The van der Waals surface area contributed by atoms with Crippen LogP contribution >= 0.6 is 0 Å². The van der Waals surface area contributed by atoms with Crippen molar-refractivity contribution in [1.82, 2.24) is 4.57 Å². The molecule has 0 spiro atoms. The molecule has 3 aromatic rings. The molecule has 0 fully saturated rings. The third-order valence-electron chi connectivity index (χ3n) is 6.76. The highest BCUT2D eigenvalue weighted by Crippen LogP contribution is 2.33. The molecule has 0 bridgehead atoms. The average Bonchev–Trinajstić information content (AvgIpc) is 2.93. The lowest BCUT2D eigenvalue weighted by Gasteiger charge is -2.20. The molecular weight excluding hydrogens is 534 g/mol. The first-order valence-corrected chi connectivity index (χ1v) is 14.5. The summed E-state index contributed by atoms with van der Waals surface area (Å²) in [5, 5.41) is 28.4. The number of benzene rings is 2. The number of pyridine rings is 1. The molecule has 11 nitrogen and oxygen atoms in total. The van der Waals surface area contributed by atoms with Gasteiger partial charge in [-0.3, -0.25) is 14.1 Å². The van der Waals surface area contributed by atoms with Crippen LogP contribution in [-0.4, -0.2) is 29.2 Å². The van der Waals surface area contributed by atoms with Gasteiger partial charge in [0.1, 0.15) is 5.69 Å². The Balaban J connectivity index is 1.86. The number of unbranched alkanes of at least 4 members (excludes halogenated alkanes) is 1. The van der Waals surface area contributed by atoms with Crippen molar-refractivity contribution in [3.63, 3.8) is 0 Å². The number of carboxylic acids is 1. The van der Waals surface area contributed by atoms with E-state index in [2.05, 4.69) is 28.8 Å². The van der Waals surface area contributed by atoms with Gasteiger partial charge in [0.25, 0.3) is 15.6 Å². The molecule has 3 rings (SSSR count). The summed E-state index contributed by atoms with van der Waals surface area (Å²) in [6.07, 6.45) is 3.84. The van der Waals surface area contributed by atoms with Gasteiger partial charge in [0.05, 0.1) is 16.1 Å². The molecule has 0 aliphatic carbocycles. The number of hydrogen-bond donors (Lipinski definition) is 4. The summed E-state index contributed by atoms with van der Waals surface area (Å²) >= 11 is 0. The van der Waals surface area contributed by atoms with Gasteiger partial charge in [0.15, 0.2) is 0 Å². The van der Waals surface area contributed by atoms with Gasteiger partial charge in [-0.15, -0.1) is 5.11 Å². The average molecular weight is 570 g/mol. The Morgan fingerprint density at radius 1 is 1.07 bits per heavy atom. The van der Waals surface area contributed by atoms with E-state index in [-0.39, 0.29) is 45.7 Å². The second kappa shape index (κ2) is 13.4. The number of nitrogens with two attached hydrogens (primary N) is 1. The van der Waals surface area contributed by atoms with Gasteiger partial charge in [0, 0.05) is 24.3 Å². The van der Waals surface area contributed by atoms with Crippen LogP contribution in [-0.2, 0) is 23.1 Å². The number of aromatic hydroxyl groups is 1. The standard InChI is InChI=1S/C28H35N5O6S/c1-4-6-7-19(5-2)17-33-26(34)24(16-29)18(3)25(27(33)35)31-30-21-12-14-23(15-13-21)40(38,39)32-22-10-8-20(9-11-22)28(36)37/h8-15,19,32,35H,4-7,16-17,29H2,1-3H3,(H,36,37)/b31-30+. The number of aromatic carboxylic acids is 1. The minimum Gasteiger partial charge on any atom is -0.493 e. The molecule has 5 N–H and O–H groups in total. The topological polar surface area (TPSA) is 176 Å². The van der Waals surface area contributed by atoms with Gasteiger partial charge in [-0.25, -0.2) is 13.2 Å². The van der Waals surface area contributed by atoms with Crippen molar-refractivity contribution in [2.45, 2.75) is 64.4 Å². The predicted octanol–water partition coefficient (Wildman–Crippen LogP) is 5.45. The number of carbonyl (C=O) groups is 1. The van der Waals surface area contributed by atoms with Crippen LogP contribution in [0.4, 0.5) is 17.1 Å². The second-order valence-electron chi connectivity index (χ2n) is 9.49. The maximum absolute atomic E-state index is 13.1. The molecule has 0 saturated carbocycles. The SMILES string of the molecule is CCCCC(CC)Cn1c(O)c(/N=N/c2ccc(S(=O)(=O)Nc3ccc(C(=O)O)cc3)cc2)c(C)c(CN)c1=O. The van der Waals surface area contributed by atoms with E-state index in [4.69, 9.17) is 10.8 Å². The van der Waals surface area contributed by atoms with Crippen LogP contribution in [0.25, 0.3) is 0 Å². The first kappa shape index (κ1) is 30.5. The highest BCUT2D eigenvalue weighted by atomic mass is 32.2. The number of anilines is 1. The van der Waals surface area contributed by atoms with Crippen molar-refractivity contribution < 1.29 is 23.4 Å². The molecule has 1 atom stereocenters. The fraction of sp³-hybridized carbons (Fsp3) is 0.357. The fourth-order valence-electron chi connectivity index (χ4n) is 4.26. The quantitative estimate of drug-likeness (QED) is 0.198. The maximum atomic E-state index is 13.1. The van der Waals surface area contributed by atoms with Gasteiger partial charge in [0.2, 0.25) is 5.88 Å². The number of nitrogens with one attached hydrogen (secondary N) is 1. The van der Waals surface area contributed by atoms with Crippen molar-refractivity contribution in [1.29, 1.82) is 0 Å². The number of nitrogens with zero attached hydrogens (tertiary/aromatic N) is 3. The molecule has 1 heterocycles. The molecular formula is C28H35N5O6S. The van der Waals surface area contributed by atoms with Gasteiger partial charge >= 0.3 is 5.97 Å². The largest absolute Gasteiger partial charge is 0.493 e. The Bertz CT molecular complexity index is 1530. The summed E-state index contributed by atoms with van der Waals surface area (Å²) in [6.45, 7) is 6.14. The van der Waals surface area contributed by atoms with Gasteiger partial charge in [-0.1, -0.05) is 33.1 Å². The summed E-state index contributed by atoms with van der Waals surface area (Å²) in [7, 11) is -3.95. The number of carboxylic acid groups (broad SMARTS) is 1. The van der Waals surface area contributed by atoms with Crippen LogP contribution in [0.1, 0.15) is 61.0 Å². The van der Waals surface area contributed by atoms with Crippen LogP contribution in [0.15, 0.2) is 68.4 Å². The van der Waals surface area contributed by atoms with E-state index in [9.17, 15) is 23.1 Å². The lowest BCUT2D eigenvalue weighted by Crippen LogP contribution is -2.29. The van der Waals surface area contributed by atoms with Crippen molar-refractivity contribution in [3.05, 3.63) is 75.6 Å². The van der Waals surface area contributed by atoms with E-state index in [1.165, 1.54) is 53.1 Å². The molecule has 214 valence electrons. The van der Waals surface area contributed by atoms with Gasteiger partial charge in [-0.05, 0) is 73.4 Å². The Hall–Kier alpha value is -4.03. The van der Waals surface area contributed by atoms with Crippen LogP contribution < -0.4 is 16.0 Å². The summed E-state index contributed by atoms with van der Waals surface area (Å²) in [6, 6.07) is 10.9. The zero-order chi connectivity index (χ0) is 29.4. The minimum absolute atomic E-state index is 0.0161. The monoisotopic (exact) mass is 569 g/mol. The van der Waals surface area contributed by atoms with Crippen molar-refractivity contribution in [2.24, 2.45) is 21.9 Å². The molecule has 0 aliphatic heterocycles. The smallest absolute Gasteiger partial charge is 0.335 e. The van der Waals surface area contributed by atoms with E-state index < -0.39 is 16.0 Å². The number of hydrogen-bond acceptors (Lipinski definition) is 8. The highest BCUT2D eigenvalue weighted by Gasteiger charge is 2.21. The lowest BCUT2D eigenvalue weighted by molar-refractivity contribution is 0.0697. The van der Waals surface area contributed by atoms with Gasteiger partial charge < -0.3 is 15.9 Å². The van der Waals surface area contributed by atoms with E-state index in [0.29, 0.717) is 23.4 Å². The molecule has 2 aromatic carbocycles. The molecule has 40 heavy (non-hydrogen) atoms. The van der Waals surface area contributed by atoms with Crippen LogP contribution in [0.2, 0.25) is 0 Å². The summed E-state index contributed by atoms with van der Waals surface area (Å²) in [5.41, 5.74) is 7.02. The zero-order valence-electron chi connectivity index (χ0n) is 22.8. The van der Waals surface area contributed by atoms with Crippen LogP contribution in [0.5, 0.6) is 5.88 Å². The normalized spacial score (nSPS) is 12.5. The number of aromatic nitrogens is 1. The molecule has 1 aromatic heterocycles. The second-order valence-corrected chi connectivity index (χ2v) is 11.2. The first-order chi connectivity index (χ1) is 19.0. The fourth-order valence-corrected chi connectivity index (χ4v) is 5.32. The Kier molecular flexibility index (Phi) is 10.2. The maximum Gasteiger partial charge on any atom is 0.335 e. The third-order valence-corrected chi connectivity index (χ3v) is 8.16. The highest BCUT2D eigenvalue weighted by molar-refractivity contribution is 7.92. The Morgan fingerprint density at radius 3 is 2.27 bits per heavy atom. The lowest BCUT2D eigenvalue weighted by atomic mass is 9.99. The first-order valence-electron chi connectivity index (χ1n) is 13.1. The number of sulfonamides is 1. The van der Waals surface area contributed by atoms with Crippen molar-refractivity contribution >= 4 is 33.1 Å². The van der Waals surface area contributed by atoms with Crippen LogP contribution in [0.3, 0.4) is 0 Å². The van der Waals surface area contributed by atoms with Crippen molar-refractivity contribution in [3.8, 4) is 5.88 Å². The summed E-state index contributed by atoms with van der Waals surface area (Å²) < 4.78 is 29.2. The van der Waals surface area contributed by atoms with E-state index >= 15 is 0 Å². The third kappa shape index (κ3) is 7.13. The van der Waals surface area contributed by atoms with E-state index in [1.54, 1.807) is 6.92 Å². The molecule has 0 radical (unpaired) electrons. The number of rotatable bonds is 13. The Morgan fingerprint density at radius 2 is 1.73 bits per heavy atom. The van der Waals surface area contributed by atoms with Crippen LogP contribution in [0, 0.1) is 12.8 Å². The zero-order valence-corrected chi connectivity index (χ0v) is 23.6. The molecule has 1 unspecified atom stereocenters. The molecule has 0 saturated heterocycles. The predicted molar refractivity (Wildman–Crippen MR) is 153 cm³/mol. The molecule has 0 amide bonds. The van der Waals surface area contributed by atoms with E-state index in [0.717, 1.165) is 25.7 Å².